The van der Waals surface area contributed by atoms with Crippen molar-refractivity contribution in [3.05, 3.63) is 15.3 Å². The highest BCUT2D eigenvalue weighted by Gasteiger charge is 2.44. The van der Waals surface area contributed by atoms with Crippen LogP contribution < -0.4 is 4.74 Å². The molecule has 0 aromatic carbocycles. The van der Waals surface area contributed by atoms with E-state index >= 15 is 0 Å². The summed E-state index contributed by atoms with van der Waals surface area (Å²) in [4.78, 5) is 26.5. The Hall–Kier alpha value is -1.47. The third kappa shape index (κ3) is 4.26. The number of methoxy groups -OCH3 is 1. The van der Waals surface area contributed by atoms with Gasteiger partial charge in [-0.15, -0.1) is 11.3 Å². The van der Waals surface area contributed by atoms with Gasteiger partial charge in [-0.25, -0.2) is 9.59 Å². The maximum absolute atomic E-state index is 12.4. The van der Waals surface area contributed by atoms with Crippen molar-refractivity contribution in [3.8, 4) is 5.75 Å². The second kappa shape index (κ2) is 7.27. The summed E-state index contributed by atoms with van der Waals surface area (Å²) >= 11 is 7.19. The van der Waals surface area contributed by atoms with E-state index in [4.69, 9.17) is 25.8 Å². The van der Waals surface area contributed by atoms with Crippen molar-refractivity contribution in [1.29, 1.82) is 0 Å². The zero-order chi connectivity index (χ0) is 19.1. The van der Waals surface area contributed by atoms with Crippen molar-refractivity contribution in [1.82, 2.24) is 4.90 Å². The van der Waals surface area contributed by atoms with Crippen molar-refractivity contribution in [2.24, 2.45) is 5.92 Å². The lowest BCUT2D eigenvalue weighted by Gasteiger charge is -2.31. The standard InChI is InChI=1S/C18H24ClNO5S/c1-18(2,3)25-17(22)20-9-10-5-11(20)7-12(6-10)24-13-8-14(19)26-15(13)16(21)23-4/h8,10-12H,5-7,9H2,1-4H3. The molecule has 3 atom stereocenters. The lowest BCUT2D eigenvalue weighted by molar-refractivity contribution is 0.0202. The molecular weight excluding hydrogens is 378 g/mol. The SMILES string of the molecule is COC(=O)c1sc(Cl)cc1OC1CC2CC(C1)N(C(=O)OC(C)(C)C)C2. The minimum absolute atomic E-state index is 0.0692. The second-order valence-electron chi connectivity index (χ2n) is 7.83. The maximum Gasteiger partial charge on any atom is 0.410 e. The van der Waals surface area contributed by atoms with Crippen LogP contribution in [0.5, 0.6) is 5.75 Å². The van der Waals surface area contributed by atoms with Crippen LogP contribution in [0.15, 0.2) is 6.07 Å². The Labute approximate surface area is 162 Å². The molecule has 6 nitrogen and oxygen atoms in total. The van der Waals surface area contributed by atoms with E-state index in [1.165, 1.54) is 7.11 Å². The van der Waals surface area contributed by atoms with E-state index < -0.39 is 11.6 Å². The number of ether oxygens (including phenoxy) is 3. The normalized spacial score (nSPS) is 25.1. The quantitative estimate of drug-likeness (QED) is 0.704. The van der Waals surface area contributed by atoms with E-state index in [0.717, 1.165) is 24.2 Å². The van der Waals surface area contributed by atoms with E-state index in [2.05, 4.69) is 0 Å². The molecule has 2 fully saturated rings. The molecule has 8 heteroatoms. The van der Waals surface area contributed by atoms with Gasteiger partial charge in [-0.05, 0) is 39.5 Å². The number of likely N-dealkylation sites (tertiary alicyclic amines) is 1. The first-order valence-electron chi connectivity index (χ1n) is 8.70. The Bertz CT molecular complexity index is 698. The number of fused-ring (bicyclic) bond motifs is 2. The van der Waals surface area contributed by atoms with Crippen molar-refractivity contribution in [2.75, 3.05) is 13.7 Å². The van der Waals surface area contributed by atoms with Gasteiger partial charge in [0.1, 0.15) is 17.5 Å². The Kier molecular flexibility index (Phi) is 5.40. The van der Waals surface area contributed by atoms with E-state index in [-0.39, 0.29) is 18.2 Å². The van der Waals surface area contributed by atoms with E-state index in [9.17, 15) is 9.59 Å². The summed E-state index contributed by atoms with van der Waals surface area (Å²) < 4.78 is 16.9. The van der Waals surface area contributed by atoms with Crippen molar-refractivity contribution in [2.45, 2.75) is 57.8 Å². The first-order valence-corrected chi connectivity index (χ1v) is 9.89. The van der Waals surface area contributed by atoms with Gasteiger partial charge >= 0.3 is 12.1 Å². The smallest absolute Gasteiger partial charge is 0.410 e. The van der Waals surface area contributed by atoms with Gasteiger partial charge in [0.2, 0.25) is 0 Å². The molecule has 3 rings (SSSR count). The number of thiophene rings is 1. The number of carbonyl (C=O) groups is 2. The predicted octanol–water partition coefficient (Wildman–Crippen LogP) is 4.35. The van der Waals surface area contributed by atoms with E-state index in [1.54, 1.807) is 6.07 Å². The van der Waals surface area contributed by atoms with Gasteiger partial charge in [-0.2, -0.15) is 0 Å². The molecule has 1 aromatic heterocycles. The van der Waals surface area contributed by atoms with Crippen molar-refractivity contribution >= 4 is 35.0 Å². The molecule has 1 aliphatic heterocycles. The molecule has 1 amide bonds. The Balaban J connectivity index is 1.67. The molecule has 2 heterocycles. The zero-order valence-corrected chi connectivity index (χ0v) is 17.0. The van der Waals surface area contributed by atoms with Crippen LogP contribution in [0.1, 0.15) is 49.7 Å². The molecule has 0 N–H and O–H groups in total. The van der Waals surface area contributed by atoms with Gasteiger partial charge in [0.15, 0.2) is 4.88 Å². The van der Waals surface area contributed by atoms with Gasteiger partial charge in [-0.1, -0.05) is 11.6 Å². The molecule has 3 unspecified atom stereocenters. The lowest BCUT2D eigenvalue weighted by Crippen LogP contribution is -2.41. The number of rotatable bonds is 3. The highest BCUT2D eigenvalue weighted by Crippen LogP contribution is 2.40. The van der Waals surface area contributed by atoms with Crippen molar-refractivity contribution < 1.29 is 23.8 Å². The summed E-state index contributed by atoms with van der Waals surface area (Å²) in [5.41, 5.74) is -0.507. The molecule has 1 saturated carbocycles. The van der Waals surface area contributed by atoms with Crippen LogP contribution >= 0.6 is 22.9 Å². The Morgan fingerprint density at radius 2 is 2.00 bits per heavy atom. The predicted molar refractivity (Wildman–Crippen MR) is 99.2 cm³/mol. The molecular formula is C18H24ClNO5S. The zero-order valence-electron chi connectivity index (χ0n) is 15.4. The maximum atomic E-state index is 12.4. The molecule has 1 saturated heterocycles. The van der Waals surface area contributed by atoms with Crippen molar-refractivity contribution in [3.63, 3.8) is 0 Å². The first-order chi connectivity index (χ1) is 12.2. The number of amides is 1. The Morgan fingerprint density at radius 3 is 2.65 bits per heavy atom. The molecule has 0 radical (unpaired) electrons. The van der Waals surface area contributed by atoms with Crippen LogP contribution in [0.25, 0.3) is 0 Å². The number of halogens is 1. The van der Waals surface area contributed by atoms with Gasteiger partial charge in [-0.3, -0.25) is 0 Å². The molecule has 26 heavy (non-hydrogen) atoms. The lowest BCUT2D eigenvalue weighted by atomic mass is 9.88. The molecule has 1 aliphatic carbocycles. The van der Waals surface area contributed by atoms with Gasteiger partial charge < -0.3 is 19.1 Å². The average Bonchev–Trinajstić information content (AvgIpc) is 3.04. The Morgan fingerprint density at radius 1 is 1.27 bits per heavy atom. The first kappa shape index (κ1) is 19.3. The third-order valence-electron chi connectivity index (χ3n) is 4.59. The topological polar surface area (TPSA) is 65.1 Å². The monoisotopic (exact) mass is 401 g/mol. The second-order valence-corrected chi connectivity index (χ2v) is 9.52. The number of hydrogen-bond donors (Lipinski definition) is 0. The fourth-order valence-corrected chi connectivity index (χ4v) is 4.73. The fraction of sp³-hybridized carbons (Fsp3) is 0.667. The van der Waals surface area contributed by atoms with Crippen LogP contribution in [-0.2, 0) is 9.47 Å². The highest BCUT2D eigenvalue weighted by atomic mass is 35.5. The van der Waals surface area contributed by atoms with Gasteiger partial charge in [0.05, 0.1) is 11.4 Å². The van der Waals surface area contributed by atoms with Crippen LogP contribution in [0.2, 0.25) is 4.34 Å². The van der Waals surface area contributed by atoms with E-state index in [0.29, 0.717) is 33.8 Å². The molecule has 2 bridgehead atoms. The van der Waals surface area contributed by atoms with E-state index in [1.807, 2.05) is 25.7 Å². The summed E-state index contributed by atoms with van der Waals surface area (Å²) in [6.07, 6.45) is 2.18. The molecule has 1 aromatic rings. The summed E-state index contributed by atoms with van der Waals surface area (Å²) in [5, 5.41) is 0. The minimum Gasteiger partial charge on any atom is -0.488 e. The van der Waals surface area contributed by atoms with Gasteiger partial charge in [0, 0.05) is 25.1 Å². The summed E-state index contributed by atoms with van der Waals surface area (Å²) in [6.45, 7) is 6.29. The molecule has 0 spiro atoms. The van der Waals surface area contributed by atoms with Crippen LogP contribution in [0, 0.1) is 5.92 Å². The fourth-order valence-electron chi connectivity index (χ4n) is 3.67. The number of esters is 1. The van der Waals surface area contributed by atoms with Gasteiger partial charge in [0.25, 0.3) is 0 Å². The largest absolute Gasteiger partial charge is 0.488 e. The average molecular weight is 402 g/mol. The highest BCUT2D eigenvalue weighted by molar-refractivity contribution is 7.18. The van der Waals surface area contributed by atoms with Crippen LogP contribution in [-0.4, -0.2) is 48.4 Å². The number of nitrogens with zero attached hydrogens (tertiary/aromatic N) is 1. The number of carbonyl (C=O) groups excluding carboxylic acids is 2. The third-order valence-corrected chi connectivity index (χ3v) is 5.82. The summed E-state index contributed by atoms with van der Waals surface area (Å²) in [5.74, 6) is 0.384. The minimum atomic E-state index is -0.507. The molecule has 2 aliphatic rings. The number of hydrogen-bond acceptors (Lipinski definition) is 6. The summed E-state index contributed by atoms with van der Waals surface area (Å²) in [6, 6.07) is 1.75. The van der Waals surface area contributed by atoms with Crippen LogP contribution in [0.4, 0.5) is 4.79 Å². The summed E-state index contributed by atoms with van der Waals surface area (Å²) in [7, 11) is 1.33. The van der Waals surface area contributed by atoms with Crippen LogP contribution in [0.3, 0.4) is 0 Å². The molecule has 144 valence electrons.